The Morgan fingerprint density at radius 1 is 0.946 bits per heavy atom. The van der Waals surface area contributed by atoms with Gasteiger partial charge in [0, 0.05) is 11.3 Å². The molecule has 8 heteroatoms. The maximum atomic E-state index is 13.6. The van der Waals surface area contributed by atoms with Crippen LogP contribution >= 0.6 is 0 Å². The van der Waals surface area contributed by atoms with E-state index in [1.165, 1.54) is 5.56 Å². The van der Waals surface area contributed by atoms with E-state index < -0.39 is 5.41 Å². The van der Waals surface area contributed by atoms with E-state index >= 15 is 0 Å². The van der Waals surface area contributed by atoms with Crippen LogP contribution in [0.1, 0.15) is 44.7 Å². The summed E-state index contributed by atoms with van der Waals surface area (Å²) in [7, 11) is 3.21. The Morgan fingerprint density at radius 3 is 2.38 bits per heavy atom. The van der Waals surface area contributed by atoms with Gasteiger partial charge >= 0.3 is 0 Å². The van der Waals surface area contributed by atoms with Crippen LogP contribution in [0.15, 0.2) is 60.7 Å². The molecule has 0 radical (unpaired) electrons. The van der Waals surface area contributed by atoms with Gasteiger partial charge in [-0.2, -0.15) is 0 Å². The Balaban J connectivity index is 1.48. The van der Waals surface area contributed by atoms with Crippen molar-refractivity contribution < 1.29 is 14.3 Å². The summed E-state index contributed by atoms with van der Waals surface area (Å²) in [6, 6.07) is 19.9. The number of ether oxygens (including phenoxy) is 2. The standard InChI is InChI=1S/C29H31N5O3/c1-28(2,3)19-7-6-8-20(16-19)29(13-14-29)27(35)30-21-10-11-22(23(17-21)26-31-33-34-32-26)18-9-12-24(36-4)25(15-18)37-5/h6-12,15-17H,13-14H2,1-5H3,(H,30,35)(H,31,32,33,34). The molecule has 190 valence electrons. The van der Waals surface area contributed by atoms with Gasteiger partial charge in [-0.05, 0) is 75.2 Å². The minimum absolute atomic E-state index is 0.000860. The summed E-state index contributed by atoms with van der Waals surface area (Å²) in [4.78, 5) is 13.6. The van der Waals surface area contributed by atoms with Crippen LogP contribution in [0.4, 0.5) is 5.69 Å². The van der Waals surface area contributed by atoms with Gasteiger partial charge in [-0.25, -0.2) is 5.10 Å². The average molecular weight is 498 g/mol. The van der Waals surface area contributed by atoms with Gasteiger partial charge in [0.25, 0.3) is 0 Å². The number of carbonyl (C=O) groups is 1. The van der Waals surface area contributed by atoms with E-state index in [4.69, 9.17) is 9.47 Å². The normalized spacial score (nSPS) is 14.2. The molecule has 2 N–H and O–H groups in total. The number of nitrogens with one attached hydrogen (secondary N) is 2. The summed E-state index contributed by atoms with van der Waals surface area (Å²) in [5.74, 6) is 1.76. The maximum Gasteiger partial charge on any atom is 0.235 e. The predicted molar refractivity (Wildman–Crippen MR) is 143 cm³/mol. The lowest BCUT2D eigenvalue weighted by Crippen LogP contribution is -2.28. The fourth-order valence-corrected chi connectivity index (χ4v) is 4.65. The first-order valence-electron chi connectivity index (χ1n) is 12.3. The van der Waals surface area contributed by atoms with E-state index in [2.05, 4.69) is 71.0 Å². The topological polar surface area (TPSA) is 102 Å². The van der Waals surface area contributed by atoms with Crippen molar-refractivity contribution in [2.24, 2.45) is 0 Å². The molecule has 37 heavy (non-hydrogen) atoms. The Kier molecular flexibility index (Phi) is 6.19. The quantitative estimate of drug-likeness (QED) is 0.349. The molecular weight excluding hydrogens is 466 g/mol. The fourth-order valence-electron chi connectivity index (χ4n) is 4.65. The van der Waals surface area contributed by atoms with Crippen LogP contribution in [0.25, 0.3) is 22.5 Å². The molecule has 0 spiro atoms. The van der Waals surface area contributed by atoms with Gasteiger partial charge in [0.15, 0.2) is 17.3 Å². The number of rotatable bonds is 7. The number of hydrogen-bond donors (Lipinski definition) is 2. The zero-order valence-corrected chi connectivity index (χ0v) is 21.8. The van der Waals surface area contributed by atoms with Crippen molar-refractivity contribution in [2.45, 2.75) is 44.4 Å². The molecule has 0 aliphatic heterocycles. The van der Waals surface area contributed by atoms with Crippen molar-refractivity contribution in [2.75, 3.05) is 19.5 Å². The molecule has 4 aromatic rings. The molecule has 0 unspecified atom stereocenters. The molecule has 1 heterocycles. The van der Waals surface area contributed by atoms with E-state index in [1.807, 2.05) is 36.4 Å². The Hall–Kier alpha value is -4.20. The number of nitrogens with zero attached hydrogens (tertiary/aromatic N) is 3. The van der Waals surface area contributed by atoms with Gasteiger partial charge in [-0.1, -0.05) is 57.2 Å². The average Bonchev–Trinajstić information content (AvgIpc) is 3.54. The number of H-pyrrole nitrogens is 1. The van der Waals surface area contributed by atoms with Gasteiger partial charge in [0.2, 0.25) is 5.91 Å². The van der Waals surface area contributed by atoms with Gasteiger partial charge < -0.3 is 14.8 Å². The van der Waals surface area contributed by atoms with Crippen LogP contribution < -0.4 is 14.8 Å². The van der Waals surface area contributed by atoms with E-state index in [9.17, 15) is 4.79 Å². The highest BCUT2D eigenvalue weighted by Gasteiger charge is 2.51. The molecule has 5 rings (SSSR count). The van der Waals surface area contributed by atoms with Crippen molar-refractivity contribution in [1.82, 2.24) is 20.6 Å². The molecule has 0 saturated heterocycles. The fraction of sp³-hybridized carbons (Fsp3) is 0.310. The number of benzene rings is 3. The van der Waals surface area contributed by atoms with Crippen molar-refractivity contribution >= 4 is 11.6 Å². The smallest absolute Gasteiger partial charge is 0.235 e. The Bertz CT molecular complexity index is 1440. The maximum absolute atomic E-state index is 13.6. The molecule has 3 aromatic carbocycles. The Labute approximate surface area is 216 Å². The highest BCUT2D eigenvalue weighted by Crippen LogP contribution is 2.50. The molecule has 1 fully saturated rings. The van der Waals surface area contributed by atoms with Gasteiger partial charge in [0.1, 0.15) is 0 Å². The first kappa shape index (κ1) is 24.5. The van der Waals surface area contributed by atoms with Crippen molar-refractivity contribution in [3.63, 3.8) is 0 Å². The predicted octanol–water partition coefficient (Wildman–Crippen LogP) is 5.52. The third-order valence-corrected chi connectivity index (χ3v) is 7.04. The van der Waals surface area contributed by atoms with Crippen LogP contribution in [0.2, 0.25) is 0 Å². The number of tetrazole rings is 1. The van der Waals surface area contributed by atoms with Crippen LogP contribution in [0.5, 0.6) is 11.5 Å². The summed E-state index contributed by atoms with van der Waals surface area (Å²) >= 11 is 0. The van der Waals surface area contributed by atoms with Crippen molar-refractivity contribution in [1.29, 1.82) is 0 Å². The summed E-state index contributed by atoms with van der Waals surface area (Å²) in [6.07, 6.45) is 1.66. The number of anilines is 1. The van der Waals surface area contributed by atoms with E-state index in [0.717, 1.165) is 35.1 Å². The summed E-state index contributed by atoms with van der Waals surface area (Å²) in [5.41, 5.74) is 5.03. The third kappa shape index (κ3) is 4.67. The lowest BCUT2D eigenvalue weighted by molar-refractivity contribution is -0.118. The number of hydrogen-bond acceptors (Lipinski definition) is 6. The number of carbonyl (C=O) groups excluding carboxylic acids is 1. The first-order valence-corrected chi connectivity index (χ1v) is 12.3. The highest BCUT2D eigenvalue weighted by atomic mass is 16.5. The van der Waals surface area contributed by atoms with Crippen LogP contribution in [0, 0.1) is 0 Å². The SMILES string of the molecule is COc1ccc(-c2ccc(NC(=O)C3(c4cccc(C(C)(C)C)c4)CC3)cc2-c2nnn[nH]2)cc1OC. The second-order valence-electron chi connectivity index (χ2n) is 10.4. The molecule has 1 amide bonds. The minimum Gasteiger partial charge on any atom is -0.493 e. The summed E-state index contributed by atoms with van der Waals surface area (Å²) in [5, 5.41) is 17.6. The first-order chi connectivity index (χ1) is 17.7. The van der Waals surface area contributed by atoms with Gasteiger partial charge in [-0.3, -0.25) is 4.79 Å². The molecule has 1 aromatic heterocycles. The zero-order chi connectivity index (χ0) is 26.2. The molecule has 0 bridgehead atoms. The van der Waals surface area contributed by atoms with Crippen molar-refractivity contribution in [3.8, 4) is 34.0 Å². The second kappa shape index (κ2) is 9.35. The molecule has 1 saturated carbocycles. The molecular formula is C29H31N5O3. The van der Waals surface area contributed by atoms with Crippen molar-refractivity contribution in [3.05, 3.63) is 71.8 Å². The summed E-state index contributed by atoms with van der Waals surface area (Å²) in [6.45, 7) is 6.56. The number of amides is 1. The van der Waals surface area contributed by atoms with Crippen LogP contribution in [-0.2, 0) is 15.6 Å². The third-order valence-electron chi connectivity index (χ3n) is 7.04. The van der Waals surface area contributed by atoms with Gasteiger partial charge in [-0.15, -0.1) is 5.10 Å². The highest BCUT2D eigenvalue weighted by molar-refractivity contribution is 6.02. The van der Waals surface area contributed by atoms with E-state index in [1.54, 1.807) is 14.2 Å². The lowest BCUT2D eigenvalue weighted by Gasteiger charge is -2.22. The number of aromatic amines is 1. The minimum atomic E-state index is -0.503. The summed E-state index contributed by atoms with van der Waals surface area (Å²) < 4.78 is 10.9. The monoisotopic (exact) mass is 497 g/mol. The molecule has 8 nitrogen and oxygen atoms in total. The van der Waals surface area contributed by atoms with Crippen LogP contribution in [0.3, 0.4) is 0 Å². The molecule has 0 atom stereocenters. The Morgan fingerprint density at radius 2 is 1.73 bits per heavy atom. The second-order valence-corrected chi connectivity index (χ2v) is 10.4. The zero-order valence-electron chi connectivity index (χ0n) is 21.8. The lowest BCUT2D eigenvalue weighted by atomic mass is 9.83. The van der Waals surface area contributed by atoms with E-state index in [0.29, 0.717) is 23.0 Å². The largest absolute Gasteiger partial charge is 0.493 e. The van der Waals surface area contributed by atoms with Crippen LogP contribution in [-0.4, -0.2) is 40.8 Å². The molecule has 1 aliphatic carbocycles. The van der Waals surface area contributed by atoms with E-state index in [-0.39, 0.29) is 11.3 Å². The number of methoxy groups -OCH3 is 2. The van der Waals surface area contributed by atoms with Gasteiger partial charge in [0.05, 0.1) is 19.6 Å². The number of aromatic nitrogens is 4. The molecule has 1 aliphatic rings.